The molecule has 1 aromatic rings. The standard InChI is InChI=1S/C10H11ClO/c1-6-4-9(8(3)11)5-7(2)10(6)12/h4-5,12H,3H2,1-2H3. The summed E-state index contributed by atoms with van der Waals surface area (Å²) >= 11 is 5.72. The Hall–Kier alpha value is -0.950. The Morgan fingerprint density at radius 1 is 1.33 bits per heavy atom. The average Bonchev–Trinajstić information content (AvgIpc) is 1.99. The van der Waals surface area contributed by atoms with E-state index in [9.17, 15) is 5.11 Å². The van der Waals surface area contributed by atoms with Crippen molar-refractivity contribution in [2.24, 2.45) is 0 Å². The molecule has 0 saturated heterocycles. The van der Waals surface area contributed by atoms with E-state index in [-0.39, 0.29) is 0 Å². The monoisotopic (exact) mass is 182 g/mol. The molecule has 0 atom stereocenters. The summed E-state index contributed by atoms with van der Waals surface area (Å²) in [5.74, 6) is 0.330. The van der Waals surface area contributed by atoms with Crippen LogP contribution in [0.1, 0.15) is 16.7 Å². The summed E-state index contributed by atoms with van der Waals surface area (Å²) < 4.78 is 0. The molecule has 0 aliphatic rings. The fraction of sp³-hybridized carbons (Fsp3) is 0.200. The van der Waals surface area contributed by atoms with Crippen LogP contribution < -0.4 is 0 Å². The van der Waals surface area contributed by atoms with Gasteiger partial charge >= 0.3 is 0 Å². The predicted octanol–water partition coefficient (Wildman–Crippen LogP) is 3.22. The van der Waals surface area contributed by atoms with Gasteiger partial charge in [-0.3, -0.25) is 0 Å². The van der Waals surface area contributed by atoms with Crippen LogP contribution in [0.4, 0.5) is 0 Å². The topological polar surface area (TPSA) is 20.2 Å². The van der Waals surface area contributed by atoms with E-state index in [4.69, 9.17) is 11.6 Å². The molecule has 12 heavy (non-hydrogen) atoms. The third kappa shape index (κ3) is 1.62. The molecule has 0 bridgehead atoms. The first-order valence-corrected chi connectivity index (χ1v) is 4.05. The molecule has 0 aromatic heterocycles. The molecule has 1 nitrogen and oxygen atoms in total. The first-order chi connectivity index (χ1) is 5.52. The molecule has 1 N–H and O–H groups in total. The Balaban J connectivity index is 3.31. The lowest BCUT2D eigenvalue weighted by molar-refractivity contribution is 0.467. The van der Waals surface area contributed by atoms with Gasteiger partial charge in [-0.25, -0.2) is 0 Å². The Labute approximate surface area is 77.3 Å². The SMILES string of the molecule is C=C(Cl)c1cc(C)c(O)c(C)c1. The van der Waals surface area contributed by atoms with Crippen LogP contribution in [0.25, 0.3) is 5.03 Å². The Morgan fingerprint density at radius 2 is 1.75 bits per heavy atom. The predicted molar refractivity (Wildman–Crippen MR) is 52.5 cm³/mol. The number of hydrogen-bond acceptors (Lipinski definition) is 1. The minimum Gasteiger partial charge on any atom is -0.507 e. The second kappa shape index (κ2) is 3.20. The van der Waals surface area contributed by atoms with Gasteiger partial charge in [0.25, 0.3) is 0 Å². The van der Waals surface area contributed by atoms with Gasteiger partial charge in [0.1, 0.15) is 5.75 Å². The van der Waals surface area contributed by atoms with Gasteiger partial charge in [-0.15, -0.1) is 0 Å². The van der Waals surface area contributed by atoms with E-state index < -0.39 is 0 Å². The van der Waals surface area contributed by atoms with Crippen LogP contribution in [0.3, 0.4) is 0 Å². The summed E-state index contributed by atoms with van der Waals surface area (Å²) in [5.41, 5.74) is 2.52. The lowest BCUT2D eigenvalue weighted by Gasteiger charge is -2.05. The third-order valence-corrected chi connectivity index (χ3v) is 2.02. The molecule has 1 aromatic carbocycles. The largest absolute Gasteiger partial charge is 0.507 e. The van der Waals surface area contributed by atoms with E-state index in [1.54, 1.807) is 0 Å². The highest BCUT2D eigenvalue weighted by molar-refractivity contribution is 6.48. The van der Waals surface area contributed by atoms with Crippen LogP contribution >= 0.6 is 11.6 Å². The van der Waals surface area contributed by atoms with E-state index in [1.165, 1.54) is 0 Å². The zero-order chi connectivity index (χ0) is 9.30. The molecule has 0 spiro atoms. The molecular formula is C10H11ClO. The highest BCUT2D eigenvalue weighted by Crippen LogP contribution is 2.27. The summed E-state index contributed by atoms with van der Waals surface area (Å²) in [6, 6.07) is 3.63. The summed E-state index contributed by atoms with van der Waals surface area (Å²) in [4.78, 5) is 0. The van der Waals surface area contributed by atoms with Crippen LogP contribution in [-0.4, -0.2) is 5.11 Å². The Morgan fingerprint density at radius 3 is 2.08 bits per heavy atom. The number of aryl methyl sites for hydroxylation is 2. The number of hydrogen-bond donors (Lipinski definition) is 1. The second-order valence-corrected chi connectivity index (χ2v) is 3.32. The smallest absolute Gasteiger partial charge is 0.121 e. The van der Waals surface area contributed by atoms with Crippen molar-refractivity contribution in [3.8, 4) is 5.75 Å². The number of aromatic hydroxyl groups is 1. The molecule has 0 aliphatic carbocycles. The van der Waals surface area contributed by atoms with Gasteiger partial charge in [0.05, 0.1) is 0 Å². The molecular weight excluding hydrogens is 172 g/mol. The van der Waals surface area contributed by atoms with Crippen LogP contribution in [0.2, 0.25) is 0 Å². The van der Waals surface area contributed by atoms with Crippen LogP contribution in [0.5, 0.6) is 5.75 Å². The number of benzene rings is 1. The van der Waals surface area contributed by atoms with Crippen molar-refractivity contribution in [2.75, 3.05) is 0 Å². The number of halogens is 1. The van der Waals surface area contributed by atoms with Crippen molar-refractivity contribution < 1.29 is 5.11 Å². The lowest BCUT2D eigenvalue weighted by atomic mass is 10.1. The molecule has 1 rings (SSSR count). The van der Waals surface area contributed by atoms with Gasteiger partial charge in [-0.05, 0) is 42.7 Å². The van der Waals surface area contributed by atoms with Gasteiger partial charge in [0.15, 0.2) is 0 Å². The maximum absolute atomic E-state index is 9.44. The number of phenolic OH excluding ortho intramolecular Hbond substituents is 1. The Bertz CT molecular complexity index is 306. The summed E-state index contributed by atoms with van der Waals surface area (Å²) in [7, 11) is 0. The zero-order valence-electron chi connectivity index (χ0n) is 7.19. The minimum atomic E-state index is 0.330. The molecule has 0 aliphatic heterocycles. The molecule has 0 radical (unpaired) electrons. The van der Waals surface area contributed by atoms with Crippen molar-refractivity contribution in [3.05, 3.63) is 35.4 Å². The van der Waals surface area contributed by atoms with Gasteiger partial charge < -0.3 is 5.11 Å². The molecule has 2 heteroatoms. The van der Waals surface area contributed by atoms with Crippen LogP contribution in [0, 0.1) is 13.8 Å². The van der Waals surface area contributed by atoms with Crippen molar-refractivity contribution in [1.29, 1.82) is 0 Å². The summed E-state index contributed by atoms with van der Waals surface area (Å²) in [6.45, 7) is 7.30. The molecule has 0 heterocycles. The quantitative estimate of drug-likeness (QED) is 0.707. The molecule has 0 amide bonds. The van der Waals surface area contributed by atoms with E-state index >= 15 is 0 Å². The van der Waals surface area contributed by atoms with Crippen molar-refractivity contribution in [1.82, 2.24) is 0 Å². The number of phenols is 1. The minimum absolute atomic E-state index is 0.330. The second-order valence-electron chi connectivity index (χ2n) is 2.86. The third-order valence-electron chi connectivity index (χ3n) is 1.80. The normalized spacial score (nSPS) is 9.92. The van der Waals surface area contributed by atoms with Crippen molar-refractivity contribution in [2.45, 2.75) is 13.8 Å². The summed E-state index contributed by atoms with van der Waals surface area (Å²) in [5, 5.41) is 9.94. The van der Waals surface area contributed by atoms with Crippen LogP contribution in [0.15, 0.2) is 18.7 Å². The highest BCUT2D eigenvalue weighted by Gasteiger charge is 2.03. The van der Waals surface area contributed by atoms with Gasteiger partial charge in [-0.2, -0.15) is 0 Å². The van der Waals surface area contributed by atoms with E-state index in [0.717, 1.165) is 16.7 Å². The van der Waals surface area contributed by atoms with Crippen molar-refractivity contribution >= 4 is 16.6 Å². The fourth-order valence-electron chi connectivity index (χ4n) is 1.11. The van der Waals surface area contributed by atoms with Gasteiger partial charge in [0, 0.05) is 5.03 Å². The molecule has 0 saturated carbocycles. The number of rotatable bonds is 1. The van der Waals surface area contributed by atoms with E-state index in [0.29, 0.717) is 10.8 Å². The van der Waals surface area contributed by atoms with Crippen LogP contribution in [-0.2, 0) is 0 Å². The molecule has 0 fully saturated rings. The average molecular weight is 183 g/mol. The summed E-state index contributed by atoms with van der Waals surface area (Å²) in [6.07, 6.45) is 0. The van der Waals surface area contributed by atoms with Crippen molar-refractivity contribution in [3.63, 3.8) is 0 Å². The Kier molecular flexibility index (Phi) is 2.43. The first-order valence-electron chi connectivity index (χ1n) is 3.67. The maximum Gasteiger partial charge on any atom is 0.121 e. The lowest BCUT2D eigenvalue weighted by Crippen LogP contribution is -1.84. The van der Waals surface area contributed by atoms with Gasteiger partial charge in [0.2, 0.25) is 0 Å². The van der Waals surface area contributed by atoms with E-state index in [1.807, 2.05) is 26.0 Å². The maximum atomic E-state index is 9.44. The molecule has 0 unspecified atom stereocenters. The van der Waals surface area contributed by atoms with E-state index in [2.05, 4.69) is 6.58 Å². The first kappa shape index (κ1) is 9.14. The molecule has 64 valence electrons. The fourth-order valence-corrected chi connectivity index (χ4v) is 1.22. The zero-order valence-corrected chi connectivity index (χ0v) is 7.94. The highest BCUT2D eigenvalue weighted by atomic mass is 35.5. The van der Waals surface area contributed by atoms with Gasteiger partial charge in [-0.1, -0.05) is 18.2 Å².